The average molecular weight is 335 g/mol. The lowest BCUT2D eigenvalue weighted by Crippen LogP contribution is -2.52. The Morgan fingerprint density at radius 3 is 2.62 bits per heavy atom. The van der Waals surface area contributed by atoms with Crippen molar-refractivity contribution in [1.29, 1.82) is 0 Å². The van der Waals surface area contributed by atoms with E-state index in [0.717, 1.165) is 45.6 Å². The van der Waals surface area contributed by atoms with Crippen molar-refractivity contribution in [2.24, 2.45) is 0 Å². The summed E-state index contributed by atoms with van der Waals surface area (Å²) in [5, 5.41) is 0. The SMILES string of the molecule is COc1cccc(CN2CCN(C(=O)C3CCCN3C)CC2)c1F. The van der Waals surface area contributed by atoms with Gasteiger partial charge in [0.05, 0.1) is 13.2 Å². The second-order valence-electron chi connectivity index (χ2n) is 6.67. The number of benzene rings is 1. The maximum Gasteiger partial charge on any atom is 0.240 e. The molecule has 2 fully saturated rings. The number of rotatable bonds is 4. The summed E-state index contributed by atoms with van der Waals surface area (Å²) in [4.78, 5) is 18.9. The first-order valence-electron chi connectivity index (χ1n) is 8.63. The summed E-state index contributed by atoms with van der Waals surface area (Å²) in [7, 11) is 3.50. The van der Waals surface area contributed by atoms with Gasteiger partial charge in [0.25, 0.3) is 0 Å². The first kappa shape index (κ1) is 17.2. The summed E-state index contributed by atoms with van der Waals surface area (Å²) in [6.45, 7) is 4.54. The molecule has 2 saturated heterocycles. The van der Waals surface area contributed by atoms with Crippen LogP contribution in [0.15, 0.2) is 18.2 Å². The molecule has 2 heterocycles. The van der Waals surface area contributed by atoms with E-state index in [9.17, 15) is 9.18 Å². The van der Waals surface area contributed by atoms with E-state index >= 15 is 0 Å². The van der Waals surface area contributed by atoms with Gasteiger partial charge in [-0.05, 0) is 32.5 Å². The highest BCUT2D eigenvalue weighted by atomic mass is 19.1. The van der Waals surface area contributed by atoms with Crippen molar-refractivity contribution in [3.05, 3.63) is 29.6 Å². The third-order valence-electron chi connectivity index (χ3n) is 5.15. The fourth-order valence-corrected chi connectivity index (χ4v) is 3.64. The van der Waals surface area contributed by atoms with E-state index in [2.05, 4.69) is 9.80 Å². The second-order valence-corrected chi connectivity index (χ2v) is 6.67. The minimum Gasteiger partial charge on any atom is -0.494 e. The fourth-order valence-electron chi connectivity index (χ4n) is 3.64. The summed E-state index contributed by atoms with van der Waals surface area (Å²) < 4.78 is 19.3. The Balaban J connectivity index is 1.55. The van der Waals surface area contributed by atoms with E-state index < -0.39 is 0 Å². The van der Waals surface area contributed by atoms with Crippen LogP contribution in [0.1, 0.15) is 18.4 Å². The fraction of sp³-hybridized carbons (Fsp3) is 0.611. The maximum absolute atomic E-state index is 14.3. The number of halogens is 1. The average Bonchev–Trinajstić information content (AvgIpc) is 3.03. The van der Waals surface area contributed by atoms with E-state index in [1.54, 1.807) is 12.1 Å². The highest BCUT2D eigenvalue weighted by Gasteiger charge is 2.32. The van der Waals surface area contributed by atoms with Crippen molar-refractivity contribution in [1.82, 2.24) is 14.7 Å². The predicted octanol–water partition coefficient (Wildman–Crippen LogP) is 1.57. The quantitative estimate of drug-likeness (QED) is 0.837. The standard InChI is InChI=1S/C18H26FN3O2/c1-20-8-4-6-15(20)18(23)22-11-9-21(10-12-22)13-14-5-3-7-16(24-2)17(14)19/h3,5,7,15H,4,6,8-13H2,1-2H3. The van der Waals surface area contributed by atoms with Crippen LogP contribution in [-0.2, 0) is 11.3 Å². The number of ether oxygens (including phenoxy) is 1. The Labute approximate surface area is 143 Å². The molecule has 2 aliphatic heterocycles. The number of hydrogen-bond donors (Lipinski definition) is 0. The third-order valence-corrected chi connectivity index (χ3v) is 5.15. The summed E-state index contributed by atoms with van der Waals surface area (Å²) in [6, 6.07) is 5.29. The minimum atomic E-state index is -0.286. The summed E-state index contributed by atoms with van der Waals surface area (Å²) in [5.74, 6) is 0.249. The highest BCUT2D eigenvalue weighted by molar-refractivity contribution is 5.82. The van der Waals surface area contributed by atoms with Crippen LogP contribution < -0.4 is 4.74 Å². The van der Waals surface area contributed by atoms with E-state index in [4.69, 9.17) is 4.74 Å². The van der Waals surface area contributed by atoms with Crippen LogP contribution in [0.25, 0.3) is 0 Å². The number of nitrogens with zero attached hydrogens (tertiary/aromatic N) is 3. The molecule has 0 saturated carbocycles. The maximum atomic E-state index is 14.3. The van der Waals surface area contributed by atoms with Crippen molar-refractivity contribution in [2.75, 3.05) is 46.9 Å². The van der Waals surface area contributed by atoms with Crippen LogP contribution in [0.3, 0.4) is 0 Å². The molecule has 0 bridgehead atoms. The van der Waals surface area contributed by atoms with Gasteiger partial charge in [-0.3, -0.25) is 14.6 Å². The van der Waals surface area contributed by atoms with Crippen LogP contribution >= 0.6 is 0 Å². The van der Waals surface area contributed by atoms with Gasteiger partial charge < -0.3 is 9.64 Å². The van der Waals surface area contributed by atoms with Crippen molar-refractivity contribution < 1.29 is 13.9 Å². The van der Waals surface area contributed by atoms with Crippen molar-refractivity contribution >= 4 is 5.91 Å². The monoisotopic (exact) mass is 335 g/mol. The van der Waals surface area contributed by atoms with Crippen LogP contribution in [0, 0.1) is 5.82 Å². The molecule has 0 aliphatic carbocycles. The second kappa shape index (κ2) is 7.49. The molecule has 0 aromatic heterocycles. The Morgan fingerprint density at radius 2 is 2.00 bits per heavy atom. The molecule has 3 rings (SSSR count). The number of piperazine rings is 1. The molecule has 0 N–H and O–H groups in total. The van der Waals surface area contributed by atoms with Gasteiger partial charge in [-0.15, -0.1) is 0 Å². The minimum absolute atomic E-state index is 0.0485. The van der Waals surface area contributed by atoms with Gasteiger partial charge in [0.2, 0.25) is 5.91 Å². The first-order chi connectivity index (χ1) is 11.6. The smallest absolute Gasteiger partial charge is 0.240 e. The number of likely N-dealkylation sites (N-methyl/N-ethyl adjacent to an activating group) is 1. The molecule has 1 atom stereocenters. The van der Waals surface area contributed by atoms with Crippen molar-refractivity contribution in [2.45, 2.75) is 25.4 Å². The molecular weight excluding hydrogens is 309 g/mol. The van der Waals surface area contributed by atoms with Crippen LogP contribution in [0.2, 0.25) is 0 Å². The molecular formula is C18H26FN3O2. The normalized spacial score (nSPS) is 22.8. The molecule has 5 nitrogen and oxygen atoms in total. The number of carbonyl (C=O) groups is 1. The van der Waals surface area contributed by atoms with Crippen molar-refractivity contribution in [3.63, 3.8) is 0 Å². The summed E-state index contributed by atoms with van der Waals surface area (Å²) in [5.41, 5.74) is 0.643. The molecule has 1 amide bonds. The van der Waals surface area contributed by atoms with Crippen LogP contribution in [0.5, 0.6) is 5.75 Å². The molecule has 2 aliphatic rings. The third kappa shape index (κ3) is 3.54. The van der Waals surface area contributed by atoms with Gasteiger partial charge in [-0.25, -0.2) is 4.39 Å². The van der Waals surface area contributed by atoms with Gasteiger partial charge in [0, 0.05) is 38.3 Å². The summed E-state index contributed by atoms with van der Waals surface area (Å²) in [6.07, 6.45) is 2.06. The predicted molar refractivity (Wildman–Crippen MR) is 90.5 cm³/mol. The number of hydrogen-bond acceptors (Lipinski definition) is 4. The molecule has 132 valence electrons. The van der Waals surface area contributed by atoms with Gasteiger partial charge in [0.15, 0.2) is 11.6 Å². The number of likely N-dealkylation sites (tertiary alicyclic amines) is 1. The van der Waals surface area contributed by atoms with E-state index in [1.165, 1.54) is 7.11 Å². The highest BCUT2D eigenvalue weighted by Crippen LogP contribution is 2.22. The van der Waals surface area contributed by atoms with Crippen LogP contribution in [0.4, 0.5) is 4.39 Å². The number of carbonyl (C=O) groups excluding carboxylic acids is 1. The van der Waals surface area contributed by atoms with Gasteiger partial charge in [-0.2, -0.15) is 0 Å². The molecule has 6 heteroatoms. The van der Waals surface area contributed by atoms with E-state index in [-0.39, 0.29) is 23.5 Å². The van der Waals surface area contributed by atoms with Crippen molar-refractivity contribution in [3.8, 4) is 5.75 Å². The van der Waals surface area contributed by atoms with Gasteiger partial charge >= 0.3 is 0 Å². The lowest BCUT2D eigenvalue weighted by molar-refractivity contribution is -0.137. The Bertz CT molecular complexity index is 588. The van der Waals surface area contributed by atoms with E-state index in [1.807, 2.05) is 18.0 Å². The zero-order chi connectivity index (χ0) is 17.1. The molecule has 1 aromatic carbocycles. The lowest BCUT2D eigenvalue weighted by atomic mass is 10.1. The number of methoxy groups -OCH3 is 1. The first-order valence-corrected chi connectivity index (χ1v) is 8.63. The summed E-state index contributed by atoms with van der Waals surface area (Å²) >= 11 is 0. The largest absolute Gasteiger partial charge is 0.494 e. The molecule has 24 heavy (non-hydrogen) atoms. The van der Waals surface area contributed by atoms with Gasteiger partial charge in [0.1, 0.15) is 0 Å². The topological polar surface area (TPSA) is 36.0 Å². The zero-order valence-corrected chi connectivity index (χ0v) is 14.5. The Morgan fingerprint density at radius 1 is 1.25 bits per heavy atom. The lowest BCUT2D eigenvalue weighted by Gasteiger charge is -2.37. The molecule has 1 aromatic rings. The molecule has 0 radical (unpaired) electrons. The number of amides is 1. The zero-order valence-electron chi connectivity index (χ0n) is 14.5. The molecule has 0 spiro atoms. The van der Waals surface area contributed by atoms with Crippen LogP contribution in [-0.4, -0.2) is 73.5 Å². The Kier molecular flexibility index (Phi) is 5.36. The Hall–Kier alpha value is -1.66. The van der Waals surface area contributed by atoms with Gasteiger partial charge in [-0.1, -0.05) is 12.1 Å². The van der Waals surface area contributed by atoms with E-state index in [0.29, 0.717) is 12.1 Å². The molecule has 1 unspecified atom stereocenters.